The molecule has 3 atom stereocenters. The van der Waals surface area contributed by atoms with Gasteiger partial charge in [0.1, 0.15) is 0 Å². The van der Waals surface area contributed by atoms with E-state index in [0.29, 0.717) is 31.6 Å². The van der Waals surface area contributed by atoms with Crippen molar-refractivity contribution in [1.29, 1.82) is 0 Å². The smallest absolute Gasteiger partial charge is 0.0897 e. The number of aliphatic hydroxyl groups is 2. The molecule has 0 bridgehead atoms. The molecule has 0 aromatic carbocycles. The Morgan fingerprint density at radius 1 is 1.22 bits per heavy atom. The predicted molar refractivity (Wildman–Crippen MR) is 72.5 cm³/mol. The first-order valence-electron chi connectivity index (χ1n) is 7.24. The third kappa shape index (κ3) is 6.69. The van der Waals surface area contributed by atoms with Gasteiger partial charge in [-0.1, -0.05) is 26.7 Å². The molecule has 1 rings (SSSR count). The van der Waals surface area contributed by atoms with Gasteiger partial charge >= 0.3 is 0 Å². The van der Waals surface area contributed by atoms with Gasteiger partial charge < -0.3 is 20.3 Å². The van der Waals surface area contributed by atoms with Crippen LogP contribution in [0.2, 0.25) is 0 Å². The predicted octanol–water partition coefficient (Wildman–Crippen LogP) is 1.16. The fraction of sp³-hybridized carbons (Fsp3) is 1.00. The second-order valence-corrected chi connectivity index (χ2v) is 5.86. The van der Waals surface area contributed by atoms with Crippen molar-refractivity contribution in [1.82, 2.24) is 5.32 Å². The molecule has 0 aromatic heterocycles. The number of ether oxygens (including phenoxy) is 1. The second-order valence-electron chi connectivity index (χ2n) is 5.86. The highest BCUT2D eigenvalue weighted by atomic mass is 16.5. The summed E-state index contributed by atoms with van der Waals surface area (Å²) >= 11 is 0. The lowest BCUT2D eigenvalue weighted by atomic mass is 9.86. The molecule has 0 amide bonds. The number of aliphatic hydroxyl groups excluding tert-OH is 2. The molecule has 0 heterocycles. The van der Waals surface area contributed by atoms with Crippen molar-refractivity contribution in [2.75, 3.05) is 26.3 Å². The van der Waals surface area contributed by atoms with E-state index in [1.807, 2.05) is 0 Å². The van der Waals surface area contributed by atoms with Gasteiger partial charge in [0.2, 0.25) is 0 Å². The van der Waals surface area contributed by atoms with Gasteiger partial charge in [-0.15, -0.1) is 0 Å². The number of rotatable bonds is 8. The molecule has 1 aliphatic carbocycles. The van der Waals surface area contributed by atoms with Crippen molar-refractivity contribution >= 4 is 0 Å². The van der Waals surface area contributed by atoms with Crippen LogP contribution in [-0.2, 0) is 4.74 Å². The van der Waals surface area contributed by atoms with Crippen LogP contribution in [0.3, 0.4) is 0 Å². The van der Waals surface area contributed by atoms with Gasteiger partial charge in [0.05, 0.1) is 18.8 Å². The summed E-state index contributed by atoms with van der Waals surface area (Å²) in [7, 11) is 0. The van der Waals surface area contributed by atoms with Crippen LogP contribution in [0.5, 0.6) is 0 Å². The zero-order valence-electron chi connectivity index (χ0n) is 11.8. The lowest BCUT2D eigenvalue weighted by Gasteiger charge is -2.28. The van der Waals surface area contributed by atoms with E-state index in [4.69, 9.17) is 4.74 Å². The molecule has 0 saturated heterocycles. The van der Waals surface area contributed by atoms with E-state index in [9.17, 15) is 10.2 Å². The summed E-state index contributed by atoms with van der Waals surface area (Å²) in [6.07, 6.45) is 3.75. The first kappa shape index (κ1) is 15.9. The fourth-order valence-corrected chi connectivity index (χ4v) is 2.36. The molecule has 0 radical (unpaired) electrons. The number of hydrogen-bond donors (Lipinski definition) is 3. The SMILES string of the molecule is CC(C)COCC(O)CNCC1CCCCC1O. The van der Waals surface area contributed by atoms with Crippen molar-refractivity contribution in [3.63, 3.8) is 0 Å². The van der Waals surface area contributed by atoms with Crippen LogP contribution in [0.15, 0.2) is 0 Å². The third-order valence-electron chi connectivity index (χ3n) is 3.42. The first-order chi connectivity index (χ1) is 8.59. The molecule has 1 aliphatic rings. The van der Waals surface area contributed by atoms with Gasteiger partial charge in [-0.05, 0) is 24.7 Å². The number of nitrogens with one attached hydrogen (secondary N) is 1. The van der Waals surface area contributed by atoms with Crippen molar-refractivity contribution in [3.8, 4) is 0 Å². The van der Waals surface area contributed by atoms with E-state index in [2.05, 4.69) is 19.2 Å². The van der Waals surface area contributed by atoms with Gasteiger partial charge in [-0.25, -0.2) is 0 Å². The minimum atomic E-state index is -0.454. The molecule has 108 valence electrons. The van der Waals surface area contributed by atoms with Crippen molar-refractivity contribution < 1.29 is 14.9 Å². The average Bonchev–Trinajstić information content (AvgIpc) is 2.31. The molecular formula is C14H29NO3. The summed E-state index contributed by atoms with van der Waals surface area (Å²) in [5, 5.41) is 22.8. The van der Waals surface area contributed by atoms with Gasteiger partial charge in [0, 0.05) is 19.7 Å². The van der Waals surface area contributed by atoms with Crippen LogP contribution in [0, 0.1) is 11.8 Å². The van der Waals surface area contributed by atoms with E-state index < -0.39 is 6.10 Å². The highest BCUT2D eigenvalue weighted by Gasteiger charge is 2.22. The Kier molecular flexibility index (Phi) is 7.82. The molecule has 0 aromatic rings. The van der Waals surface area contributed by atoms with E-state index in [1.54, 1.807) is 0 Å². The van der Waals surface area contributed by atoms with Gasteiger partial charge in [-0.3, -0.25) is 0 Å². The Morgan fingerprint density at radius 3 is 2.61 bits per heavy atom. The maximum Gasteiger partial charge on any atom is 0.0897 e. The minimum absolute atomic E-state index is 0.166. The highest BCUT2D eigenvalue weighted by Crippen LogP contribution is 2.23. The first-order valence-corrected chi connectivity index (χ1v) is 7.24. The van der Waals surface area contributed by atoms with Gasteiger partial charge in [-0.2, -0.15) is 0 Å². The molecule has 18 heavy (non-hydrogen) atoms. The molecule has 1 fully saturated rings. The summed E-state index contributed by atoms with van der Waals surface area (Å²) in [6, 6.07) is 0. The lowest BCUT2D eigenvalue weighted by molar-refractivity contribution is 0.0230. The van der Waals surface area contributed by atoms with Gasteiger partial charge in [0.15, 0.2) is 0 Å². The molecule has 3 unspecified atom stereocenters. The topological polar surface area (TPSA) is 61.7 Å². The third-order valence-corrected chi connectivity index (χ3v) is 3.42. The second kappa shape index (κ2) is 8.86. The summed E-state index contributed by atoms with van der Waals surface area (Å²) in [5.74, 6) is 0.852. The Hall–Kier alpha value is -0.160. The lowest BCUT2D eigenvalue weighted by Crippen LogP contribution is -2.38. The summed E-state index contributed by atoms with van der Waals surface area (Å²) in [4.78, 5) is 0. The molecule has 0 spiro atoms. The van der Waals surface area contributed by atoms with Crippen LogP contribution in [0.25, 0.3) is 0 Å². The van der Waals surface area contributed by atoms with E-state index in [1.165, 1.54) is 6.42 Å². The van der Waals surface area contributed by atoms with E-state index in [-0.39, 0.29) is 6.10 Å². The number of hydrogen-bond acceptors (Lipinski definition) is 4. The molecule has 1 saturated carbocycles. The van der Waals surface area contributed by atoms with Crippen LogP contribution >= 0.6 is 0 Å². The van der Waals surface area contributed by atoms with Crippen LogP contribution in [0.1, 0.15) is 39.5 Å². The zero-order chi connectivity index (χ0) is 13.4. The summed E-state index contributed by atoms with van der Waals surface area (Å²) in [6.45, 7) is 6.60. The molecule has 0 aliphatic heterocycles. The molecule has 4 nitrogen and oxygen atoms in total. The molecular weight excluding hydrogens is 230 g/mol. The van der Waals surface area contributed by atoms with Gasteiger partial charge in [0.25, 0.3) is 0 Å². The average molecular weight is 259 g/mol. The van der Waals surface area contributed by atoms with Crippen molar-refractivity contribution in [2.24, 2.45) is 11.8 Å². The standard InChI is InChI=1S/C14H29NO3/c1-11(2)9-18-10-13(16)8-15-7-12-5-3-4-6-14(12)17/h11-17H,3-10H2,1-2H3. The quantitative estimate of drug-likeness (QED) is 0.612. The Balaban J connectivity index is 2.02. The van der Waals surface area contributed by atoms with Crippen LogP contribution in [-0.4, -0.2) is 48.7 Å². The maximum absolute atomic E-state index is 9.81. The molecule has 3 N–H and O–H groups in total. The van der Waals surface area contributed by atoms with Crippen molar-refractivity contribution in [2.45, 2.75) is 51.7 Å². The van der Waals surface area contributed by atoms with Crippen LogP contribution < -0.4 is 5.32 Å². The summed E-state index contributed by atoms with van der Waals surface area (Å²) < 4.78 is 5.38. The largest absolute Gasteiger partial charge is 0.393 e. The normalized spacial score (nSPS) is 26.5. The summed E-state index contributed by atoms with van der Waals surface area (Å²) in [5.41, 5.74) is 0. The highest BCUT2D eigenvalue weighted by molar-refractivity contribution is 4.76. The van der Waals surface area contributed by atoms with Crippen LogP contribution in [0.4, 0.5) is 0 Å². The molecule has 4 heteroatoms. The zero-order valence-corrected chi connectivity index (χ0v) is 11.8. The maximum atomic E-state index is 9.81. The Bertz CT molecular complexity index is 211. The fourth-order valence-electron chi connectivity index (χ4n) is 2.36. The van der Waals surface area contributed by atoms with E-state index in [0.717, 1.165) is 25.8 Å². The van der Waals surface area contributed by atoms with E-state index >= 15 is 0 Å². The monoisotopic (exact) mass is 259 g/mol. The Morgan fingerprint density at radius 2 is 1.94 bits per heavy atom. The Labute approximate surface area is 111 Å². The minimum Gasteiger partial charge on any atom is -0.393 e. The van der Waals surface area contributed by atoms with Crippen molar-refractivity contribution in [3.05, 3.63) is 0 Å².